The van der Waals surface area contributed by atoms with Crippen LogP contribution >= 0.6 is 0 Å². The van der Waals surface area contributed by atoms with Crippen LogP contribution in [0.2, 0.25) is 0 Å². The molecule has 1 saturated carbocycles. The van der Waals surface area contributed by atoms with Crippen LogP contribution in [0.15, 0.2) is 24.3 Å². The van der Waals surface area contributed by atoms with Crippen molar-refractivity contribution in [3.8, 4) is 5.75 Å². The summed E-state index contributed by atoms with van der Waals surface area (Å²) in [6.45, 7) is -10.5. The van der Waals surface area contributed by atoms with E-state index in [1.165, 1.54) is 31.4 Å². The van der Waals surface area contributed by atoms with Gasteiger partial charge in [0.05, 0.1) is 12.7 Å². The molecule has 0 saturated heterocycles. The molecule has 2 atom stereocenters. The van der Waals surface area contributed by atoms with Gasteiger partial charge in [-0.2, -0.15) is 0 Å². The molecular weight excluding hydrogens is 238 g/mol. The normalized spacial score (nSPS) is 45.4. The smallest absolute Gasteiger partial charge is 0.211 e. The topological polar surface area (TPSA) is 32.7 Å². The average Bonchev–Trinajstić information content (AvgIpc) is 2.58. The summed E-state index contributed by atoms with van der Waals surface area (Å²) in [5.41, 5.74) is -2.81. The molecule has 1 aromatic carbocycles. The van der Waals surface area contributed by atoms with Crippen LogP contribution in [0, 0.1) is 5.89 Å². The first-order chi connectivity index (χ1) is 13.9. The van der Waals surface area contributed by atoms with Crippen molar-refractivity contribution in [2.75, 3.05) is 27.6 Å². The number of rotatable bonds is 5. The molecule has 0 unspecified atom stereocenters. The third-order valence-corrected chi connectivity index (χ3v) is 3.13. The molecular formula is C16H25NO2. The highest BCUT2D eigenvalue weighted by molar-refractivity contribution is 5.33. The number of hydrogen-bond acceptors (Lipinski definition) is 3. The summed E-state index contributed by atoms with van der Waals surface area (Å²) >= 11 is 0. The molecule has 106 valence electrons. The maximum atomic E-state index is 9.10. The van der Waals surface area contributed by atoms with Crippen molar-refractivity contribution in [2.45, 2.75) is 31.2 Å². The van der Waals surface area contributed by atoms with E-state index in [2.05, 4.69) is 0 Å². The number of aliphatic hydroxyl groups is 1. The van der Waals surface area contributed by atoms with E-state index in [1.54, 1.807) is 0 Å². The standard InChI is InChI=1S/C16H25NO2/c1-17(2)12-14-7-4-5-10-16(14,18)13-8-6-9-15(11-13)19-3/h6,8-9,11,14,18H,4-5,7,10,12H2,1-3H3/t14-,16+/m0/s1/i1D3,2D3,10D2,12D2,14D,18D. The van der Waals surface area contributed by atoms with Crippen LogP contribution in [0.25, 0.3) is 0 Å². The average molecular weight is 275 g/mol. The Balaban J connectivity index is 2.91. The lowest BCUT2D eigenvalue weighted by atomic mass is 9.71. The van der Waals surface area contributed by atoms with E-state index < -0.39 is 44.7 Å². The lowest BCUT2D eigenvalue weighted by molar-refractivity contribution is -0.0619. The lowest BCUT2D eigenvalue weighted by Crippen LogP contribution is -2.43. The van der Waals surface area contributed by atoms with Crippen molar-refractivity contribution in [3.63, 3.8) is 0 Å². The fourth-order valence-corrected chi connectivity index (χ4v) is 2.20. The molecule has 0 spiro atoms. The molecule has 0 aliphatic heterocycles. The number of ether oxygens (including phenoxy) is 1. The van der Waals surface area contributed by atoms with Crippen molar-refractivity contribution in [1.82, 2.24) is 4.90 Å². The largest absolute Gasteiger partial charge is 0.497 e. The molecule has 0 aromatic heterocycles. The minimum Gasteiger partial charge on any atom is -0.497 e. The van der Waals surface area contributed by atoms with E-state index in [0.29, 0.717) is 0 Å². The van der Waals surface area contributed by atoms with Crippen molar-refractivity contribution in [3.05, 3.63) is 29.8 Å². The lowest BCUT2D eigenvalue weighted by Gasteiger charge is -2.41. The van der Waals surface area contributed by atoms with E-state index in [9.17, 15) is 0 Å². The van der Waals surface area contributed by atoms with E-state index in [1.807, 2.05) is 0 Å². The Labute approximate surface area is 133 Å². The second-order valence-corrected chi connectivity index (χ2v) is 4.37. The highest BCUT2D eigenvalue weighted by Gasteiger charge is 2.40. The number of hydrogen-bond donors (Lipinski definition) is 1. The summed E-state index contributed by atoms with van der Waals surface area (Å²) in [6, 6.07) is 5.53. The SMILES string of the molecule is [2H]O[C@@]1(c2cccc(OC)c2)C([2H])([2H])CCC[C@@]1([2H])C([2H])([2H])N(C([2H])([2H])[2H])C([2H])([2H])[2H]. The summed E-state index contributed by atoms with van der Waals surface area (Å²) in [5.74, 6) is -2.64. The predicted molar refractivity (Wildman–Crippen MR) is 77.4 cm³/mol. The van der Waals surface area contributed by atoms with E-state index in [0.717, 1.165) is 0 Å². The van der Waals surface area contributed by atoms with E-state index in [-0.39, 0.29) is 29.1 Å². The molecule has 1 aromatic rings. The summed E-state index contributed by atoms with van der Waals surface area (Å²) in [5, 5.41) is 4.86. The Morgan fingerprint density at radius 3 is 3.32 bits per heavy atom. The molecule has 2 rings (SSSR count). The zero-order valence-corrected chi connectivity index (χ0v) is 10.7. The van der Waals surface area contributed by atoms with Crippen LogP contribution in [0.4, 0.5) is 0 Å². The predicted octanol–water partition coefficient (Wildman–Crippen LogP) is 2.63. The molecule has 1 aliphatic rings. The molecule has 1 aliphatic carbocycles. The Morgan fingerprint density at radius 2 is 2.58 bits per heavy atom. The molecule has 1 N–H and O–H groups in total. The quantitative estimate of drug-likeness (QED) is 0.896. The van der Waals surface area contributed by atoms with Crippen LogP contribution in [0.5, 0.6) is 5.75 Å². The summed E-state index contributed by atoms with van der Waals surface area (Å²) in [7, 11) is 1.33. The van der Waals surface area contributed by atoms with Gasteiger partial charge in [0.15, 0.2) is 0 Å². The van der Waals surface area contributed by atoms with Gasteiger partial charge in [-0.25, -0.2) is 0 Å². The van der Waals surface area contributed by atoms with Gasteiger partial charge in [-0.3, -0.25) is 0 Å². The third kappa shape index (κ3) is 3.10. The Kier molecular flexibility index (Phi) is 1.68. The second kappa shape index (κ2) is 5.93. The van der Waals surface area contributed by atoms with Crippen LogP contribution in [-0.4, -0.2) is 39.0 Å². The van der Waals surface area contributed by atoms with Gasteiger partial charge < -0.3 is 14.7 Å². The molecule has 3 nitrogen and oxygen atoms in total. The van der Waals surface area contributed by atoms with Crippen LogP contribution in [0.3, 0.4) is 0 Å². The highest BCUT2D eigenvalue weighted by atomic mass is 16.5. The molecule has 0 bridgehead atoms. The van der Waals surface area contributed by atoms with E-state index >= 15 is 0 Å². The van der Waals surface area contributed by atoms with Crippen LogP contribution < -0.4 is 4.74 Å². The van der Waals surface area contributed by atoms with Gasteiger partial charge in [-0.05, 0) is 44.4 Å². The molecule has 0 amide bonds. The monoisotopic (exact) mass is 275 g/mol. The van der Waals surface area contributed by atoms with Gasteiger partial charge in [0, 0.05) is 27.5 Å². The van der Waals surface area contributed by atoms with Crippen LogP contribution in [0.1, 0.15) is 46.3 Å². The zero-order chi connectivity index (χ0) is 24.1. The first kappa shape index (κ1) is 5.38. The van der Waals surface area contributed by atoms with Gasteiger partial charge in [0.2, 0.25) is 1.43 Å². The van der Waals surface area contributed by atoms with Gasteiger partial charge in [0.1, 0.15) is 5.75 Å². The Morgan fingerprint density at radius 1 is 1.68 bits per heavy atom. The summed E-state index contributed by atoms with van der Waals surface area (Å²) in [4.78, 5) is -0.380. The second-order valence-electron chi connectivity index (χ2n) is 4.37. The summed E-state index contributed by atoms with van der Waals surface area (Å²) < 4.78 is 102. The fourth-order valence-electron chi connectivity index (χ4n) is 2.20. The zero-order valence-electron chi connectivity index (χ0n) is 22.7. The maximum Gasteiger partial charge on any atom is 0.211 e. The summed E-state index contributed by atoms with van der Waals surface area (Å²) in [6.07, 6.45) is -3.26. The number of benzene rings is 1. The number of methoxy groups -OCH3 is 1. The first-order valence-electron chi connectivity index (χ1n) is 11.9. The fraction of sp³-hybridized carbons (Fsp3) is 0.625. The van der Waals surface area contributed by atoms with Gasteiger partial charge in [-0.1, -0.05) is 25.0 Å². The third-order valence-electron chi connectivity index (χ3n) is 3.13. The molecule has 0 heterocycles. The van der Waals surface area contributed by atoms with Crippen molar-refractivity contribution >= 4 is 0 Å². The maximum absolute atomic E-state index is 9.10. The van der Waals surface area contributed by atoms with Gasteiger partial charge in [-0.15, -0.1) is 0 Å². The van der Waals surface area contributed by atoms with Gasteiger partial charge >= 0.3 is 0 Å². The van der Waals surface area contributed by atoms with Crippen molar-refractivity contribution in [1.29, 1.82) is 1.43 Å². The minimum atomic E-state index is -3.49. The molecule has 1 fully saturated rings. The van der Waals surface area contributed by atoms with Crippen molar-refractivity contribution < 1.29 is 24.9 Å². The molecule has 0 radical (unpaired) electrons. The first-order valence-corrected chi connectivity index (χ1v) is 6.02. The highest BCUT2D eigenvalue weighted by Crippen LogP contribution is 2.42. The minimum absolute atomic E-state index is 0.0546. The van der Waals surface area contributed by atoms with Gasteiger partial charge in [0.25, 0.3) is 0 Å². The van der Waals surface area contributed by atoms with Crippen LogP contribution in [-0.2, 0) is 5.60 Å². The van der Waals surface area contributed by atoms with Crippen molar-refractivity contribution in [2.24, 2.45) is 5.89 Å². The van der Waals surface area contributed by atoms with E-state index in [4.69, 9.17) is 26.4 Å². The number of nitrogens with zero attached hydrogens (tertiary/aromatic N) is 1. The molecule has 19 heavy (non-hydrogen) atoms. The Bertz CT molecular complexity index is 782. The molecule has 3 heteroatoms. The Hall–Kier alpha value is -1.06.